The Labute approximate surface area is 171 Å². The Morgan fingerprint density at radius 2 is 1.08 bits per heavy atom. The smallest absolute Gasteiger partial charge is 0.178 e. The van der Waals surface area contributed by atoms with Gasteiger partial charge in [0.1, 0.15) is 0 Å². The average Bonchev–Trinajstić information content (AvgIpc) is 2.73. The Morgan fingerprint density at radius 1 is 0.692 bits per heavy atom. The zero-order valence-electron chi connectivity index (χ0n) is 14.0. The maximum absolute atomic E-state index is 14.3. The van der Waals surface area contributed by atoms with E-state index in [1.807, 2.05) is 91.0 Å². The molecule has 0 saturated carbocycles. The summed E-state index contributed by atoms with van der Waals surface area (Å²) in [5.41, 5.74) is 1.76. The molecule has 3 aromatic carbocycles. The fraction of sp³-hybridized carbons (Fsp3) is 0. The average molecular weight is 488 g/mol. The van der Waals surface area contributed by atoms with E-state index in [0.29, 0.717) is 8.71 Å². The number of hydrogen-bond donors (Lipinski definition) is 0. The Kier molecular flexibility index (Phi) is 6.13. The highest BCUT2D eigenvalue weighted by Crippen LogP contribution is 2.58. The Hall–Kier alpha value is -1.67. The highest BCUT2D eigenvalue weighted by Gasteiger charge is 2.33. The largest absolute Gasteiger partial charge is 0.308 e. The molecule has 0 aliphatic rings. The number of allylic oxidation sites excluding steroid dienone is 2. The molecular formula is C22H17Br2OP. The first-order valence-corrected chi connectivity index (χ1v) is 11.4. The molecule has 130 valence electrons. The fourth-order valence-corrected chi connectivity index (χ4v) is 7.47. The molecule has 0 fully saturated rings. The number of halogens is 2. The zero-order valence-corrected chi connectivity index (χ0v) is 18.0. The van der Waals surface area contributed by atoms with Crippen LogP contribution in [0.25, 0.3) is 5.57 Å². The lowest BCUT2D eigenvalue weighted by Crippen LogP contribution is -2.16. The van der Waals surface area contributed by atoms with Crippen LogP contribution >= 0.6 is 39.0 Å². The van der Waals surface area contributed by atoms with Gasteiger partial charge in [-0.15, -0.1) is 0 Å². The van der Waals surface area contributed by atoms with Gasteiger partial charge in [-0.1, -0.05) is 97.6 Å². The van der Waals surface area contributed by atoms with E-state index in [4.69, 9.17) is 0 Å². The molecule has 0 N–H and O–H groups in total. The van der Waals surface area contributed by atoms with E-state index in [1.165, 1.54) is 0 Å². The summed E-state index contributed by atoms with van der Waals surface area (Å²) in [5, 5.41) is 1.55. The highest BCUT2D eigenvalue weighted by molar-refractivity contribution is 9.15. The van der Waals surface area contributed by atoms with Crippen molar-refractivity contribution in [3.8, 4) is 0 Å². The first-order chi connectivity index (χ1) is 12.5. The minimum atomic E-state index is -3.06. The van der Waals surface area contributed by atoms with Crippen LogP contribution in [0.1, 0.15) is 5.56 Å². The van der Waals surface area contributed by atoms with Crippen LogP contribution in [0.5, 0.6) is 0 Å². The van der Waals surface area contributed by atoms with Gasteiger partial charge >= 0.3 is 0 Å². The van der Waals surface area contributed by atoms with Crippen LogP contribution in [0, 0.1) is 0 Å². The van der Waals surface area contributed by atoms with Crippen LogP contribution in [0.3, 0.4) is 0 Å². The van der Waals surface area contributed by atoms with Gasteiger partial charge in [0, 0.05) is 15.1 Å². The molecule has 3 aromatic rings. The molecule has 4 heteroatoms. The van der Waals surface area contributed by atoms with E-state index in [0.717, 1.165) is 21.7 Å². The third kappa shape index (κ3) is 3.71. The molecular weight excluding hydrogens is 471 g/mol. The van der Waals surface area contributed by atoms with Crippen molar-refractivity contribution in [2.75, 3.05) is 0 Å². The number of hydrogen-bond acceptors (Lipinski definition) is 1. The lowest BCUT2D eigenvalue weighted by Gasteiger charge is -2.21. The summed E-state index contributed by atoms with van der Waals surface area (Å²) in [6, 6.07) is 28.9. The Bertz CT molecular complexity index is 937. The first-order valence-electron chi connectivity index (χ1n) is 8.07. The van der Waals surface area contributed by atoms with Gasteiger partial charge in [-0.25, -0.2) is 0 Å². The molecule has 0 aliphatic heterocycles. The number of rotatable bonds is 5. The minimum Gasteiger partial charge on any atom is -0.308 e. The van der Waals surface area contributed by atoms with Gasteiger partial charge in [0.25, 0.3) is 0 Å². The standard InChI is InChI=1S/C22H17Br2OP/c1-17(18-11-5-2-6-12-18)21(23)22(24)26(25,19-13-7-3-8-14-19)20-15-9-4-10-16-20/h2-16H,1H2/b22-21-. The summed E-state index contributed by atoms with van der Waals surface area (Å²) in [7, 11) is -3.06. The molecule has 1 nitrogen and oxygen atoms in total. The molecule has 0 saturated heterocycles. The van der Waals surface area contributed by atoms with Crippen molar-refractivity contribution in [1.82, 2.24) is 0 Å². The summed E-state index contributed by atoms with van der Waals surface area (Å²) in [6.07, 6.45) is 0. The van der Waals surface area contributed by atoms with Gasteiger partial charge in [0.05, 0.1) is 4.22 Å². The maximum Gasteiger partial charge on any atom is 0.178 e. The first kappa shape index (κ1) is 19.1. The van der Waals surface area contributed by atoms with Gasteiger partial charge in [0.15, 0.2) is 7.14 Å². The van der Waals surface area contributed by atoms with E-state index in [1.54, 1.807) is 0 Å². The van der Waals surface area contributed by atoms with Crippen LogP contribution in [0.2, 0.25) is 0 Å². The molecule has 0 radical (unpaired) electrons. The van der Waals surface area contributed by atoms with E-state index in [2.05, 4.69) is 38.4 Å². The van der Waals surface area contributed by atoms with E-state index < -0.39 is 7.14 Å². The Morgan fingerprint density at radius 3 is 1.50 bits per heavy atom. The van der Waals surface area contributed by atoms with Crippen molar-refractivity contribution in [3.63, 3.8) is 0 Å². The van der Waals surface area contributed by atoms with E-state index >= 15 is 0 Å². The predicted molar refractivity (Wildman–Crippen MR) is 120 cm³/mol. The second kappa shape index (κ2) is 8.35. The SMILES string of the molecule is C=C(/C(Br)=C(\Br)P(=O)(c1ccccc1)c1ccccc1)c1ccccc1. The van der Waals surface area contributed by atoms with Crippen molar-refractivity contribution < 1.29 is 4.57 Å². The lowest BCUT2D eigenvalue weighted by atomic mass is 10.1. The summed E-state index contributed by atoms with van der Waals surface area (Å²) >= 11 is 7.28. The topological polar surface area (TPSA) is 17.1 Å². The normalized spacial score (nSPS) is 12.4. The summed E-state index contributed by atoms with van der Waals surface area (Å²) < 4.78 is 15.6. The van der Waals surface area contributed by atoms with Crippen LogP contribution in [0.4, 0.5) is 0 Å². The molecule has 0 unspecified atom stereocenters. The molecule has 0 amide bonds. The molecule has 0 heterocycles. The van der Waals surface area contributed by atoms with Crippen molar-refractivity contribution in [2.45, 2.75) is 0 Å². The summed E-state index contributed by atoms with van der Waals surface area (Å²) in [5.74, 6) is 0. The van der Waals surface area contributed by atoms with E-state index in [-0.39, 0.29) is 0 Å². The lowest BCUT2D eigenvalue weighted by molar-refractivity contribution is 0.592. The molecule has 0 spiro atoms. The molecule has 0 aliphatic carbocycles. The summed E-state index contributed by atoms with van der Waals surface area (Å²) in [6.45, 7) is 4.19. The van der Waals surface area contributed by atoms with Gasteiger partial charge in [0.2, 0.25) is 0 Å². The second-order valence-corrected chi connectivity index (χ2v) is 10.6. The van der Waals surface area contributed by atoms with Gasteiger partial charge in [-0.05, 0) is 43.0 Å². The highest BCUT2D eigenvalue weighted by atomic mass is 79.9. The van der Waals surface area contributed by atoms with Crippen molar-refractivity contribution in [1.29, 1.82) is 0 Å². The second-order valence-electron chi connectivity index (χ2n) is 5.73. The zero-order chi connectivity index (χ0) is 18.6. The van der Waals surface area contributed by atoms with Crippen LogP contribution in [-0.2, 0) is 4.57 Å². The van der Waals surface area contributed by atoms with E-state index in [9.17, 15) is 4.57 Å². The summed E-state index contributed by atoms with van der Waals surface area (Å²) in [4.78, 5) is 0. The molecule has 3 rings (SSSR count). The molecule has 0 aromatic heterocycles. The Balaban J connectivity index is 2.19. The van der Waals surface area contributed by atoms with Gasteiger partial charge in [-0.2, -0.15) is 0 Å². The minimum absolute atomic E-state index is 0.608. The molecule has 0 bridgehead atoms. The van der Waals surface area contributed by atoms with Gasteiger partial charge in [-0.3, -0.25) is 0 Å². The van der Waals surface area contributed by atoms with Crippen LogP contribution < -0.4 is 10.6 Å². The molecule has 26 heavy (non-hydrogen) atoms. The maximum atomic E-state index is 14.3. The molecule has 0 atom stereocenters. The van der Waals surface area contributed by atoms with Crippen molar-refractivity contribution in [2.24, 2.45) is 0 Å². The quantitative estimate of drug-likeness (QED) is 0.290. The van der Waals surface area contributed by atoms with Crippen molar-refractivity contribution in [3.05, 3.63) is 112 Å². The van der Waals surface area contributed by atoms with Crippen molar-refractivity contribution >= 4 is 55.2 Å². The van der Waals surface area contributed by atoms with Crippen LogP contribution in [0.15, 0.2) is 106 Å². The monoisotopic (exact) mass is 486 g/mol. The fourth-order valence-electron chi connectivity index (χ4n) is 2.68. The third-order valence-corrected chi connectivity index (χ3v) is 10.5. The third-order valence-electron chi connectivity index (χ3n) is 4.08. The van der Waals surface area contributed by atoms with Gasteiger partial charge < -0.3 is 4.57 Å². The van der Waals surface area contributed by atoms with Crippen LogP contribution in [-0.4, -0.2) is 0 Å². The number of benzene rings is 3. The predicted octanol–water partition coefficient (Wildman–Crippen LogP) is 6.67.